The molecule has 21 heavy (non-hydrogen) atoms. The summed E-state index contributed by atoms with van der Waals surface area (Å²) < 4.78 is 23.4. The molecule has 0 aromatic heterocycles. The number of benzene rings is 1. The van der Waals surface area contributed by atoms with Crippen LogP contribution in [-0.4, -0.2) is 43.9 Å². The molecule has 0 bridgehead atoms. The zero-order chi connectivity index (χ0) is 15.8. The van der Waals surface area contributed by atoms with Crippen LogP contribution in [0.25, 0.3) is 0 Å². The largest absolute Gasteiger partial charge is 0.494 e. The predicted octanol–water partition coefficient (Wildman–Crippen LogP) is 0.983. The lowest BCUT2D eigenvalue weighted by atomic mass is 10.1. The first kappa shape index (κ1) is 16.9. The Labute approximate surface area is 121 Å². The molecule has 0 aliphatic rings. The van der Waals surface area contributed by atoms with Crippen LogP contribution in [0.2, 0.25) is 0 Å². The van der Waals surface area contributed by atoms with Crippen molar-refractivity contribution in [3.63, 3.8) is 0 Å². The number of methoxy groups -OCH3 is 2. The van der Waals surface area contributed by atoms with Crippen molar-refractivity contribution < 1.29 is 28.6 Å². The van der Waals surface area contributed by atoms with Gasteiger partial charge in [0.15, 0.2) is 17.6 Å². The molecule has 0 heterocycles. The van der Waals surface area contributed by atoms with Gasteiger partial charge in [-0.05, 0) is 18.1 Å². The Morgan fingerprint density at radius 3 is 2.67 bits per heavy atom. The Balaban J connectivity index is 2.59. The number of rotatable bonds is 8. The van der Waals surface area contributed by atoms with Gasteiger partial charge in [0.05, 0.1) is 13.7 Å². The number of aliphatic carboxylic acids is 1. The van der Waals surface area contributed by atoms with Crippen LogP contribution in [0.15, 0.2) is 18.2 Å². The summed E-state index contributed by atoms with van der Waals surface area (Å²) in [7, 11) is 2.70. The highest BCUT2D eigenvalue weighted by molar-refractivity contribution is 5.83. The average molecular weight is 299 g/mol. The van der Waals surface area contributed by atoms with Crippen molar-refractivity contribution in [3.05, 3.63) is 29.6 Å². The Kier molecular flexibility index (Phi) is 6.61. The van der Waals surface area contributed by atoms with E-state index in [1.54, 1.807) is 12.1 Å². The highest BCUT2D eigenvalue weighted by Gasteiger charge is 2.19. The fourth-order valence-electron chi connectivity index (χ4n) is 1.76. The lowest BCUT2D eigenvalue weighted by molar-refractivity contribution is -0.143. The highest BCUT2D eigenvalue weighted by atomic mass is 19.1. The number of carbonyl (C=O) groups is 2. The second-order valence-corrected chi connectivity index (χ2v) is 4.35. The number of hydrogen-bond acceptors (Lipinski definition) is 4. The van der Waals surface area contributed by atoms with Gasteiger partial charge >= 0.3 is 5.97 Å². The van der Waals surface area contributed by atoms with Crippen molar-refractivity contribution >= 4 is 11.9 Å². The summed E-state index contributed by atoms with van der Waals surface area (Å²) in [5.41, 5.74) is 0.336. The van der Waals surface area contributed by atoms with Gasteiger partial charge in [0, 0.05) is 13.5 Å². The molecule has 2 N–H and O–H groups in total. The van der Waals surface area contributed by atoms with E-state index in [0.717, 1.165) is 0 Å². The van der Waals surface area contributed by atoms with E-state index < -0.39 is 23.7 Å². The quantitative estimate of drug-likeness (QED) is 0.747. The number of carboxylic acid groups (broad SMARTS) is 1. The van der Waals surface area contributed by atoms with Gasteiger partial charge in [-0.15, -0.1) is 0 Å². The van der Waals surface area contributed by atoms with Crippen LogP contribution in [-0.2, 0) is 20.7 Å². The number of aryl methyl sites for hydroxylation is 1. The minimum absolute atomic E-state index is 0.0302. The van der Waals surface area contributed by atoms with Crippen LogP contribution < -0.4 is 10.1 Å². The molecule has 6 nitrogen and oxygen atoms in total. The monoisotopic (exact) mass is 299 g/mol. The van der Waals surface area contributed by atoms with E-state index in [1.807, 2.05) is 0 Å². The third-order valence-corrected chi connectivity index (χ3v) is 2.85. The number of hydrogen-bond donors (Lipinski definition) is 2. The molecule has 0 fully saturated rings. The van der Waals surface area contributed by atoms with Crippen molar-refractivity contribution in [2.45, 2.75) is 18.9 Å². The molecule has 0 saturated heterocycles. The SMILES string of the molecule is COCC(NC(=O)CCc1cccc(OC)c1F)C(=O)O. The van der Waals surface area contributed by atoms with Gasteiger partial charge in [-0.3, -0.25) is 4.79 Å². The van der Waals surface area contributed by atoms with E-state index >= 15 is 0 Å². The van der Waals surface area contributed by atoms with Gasteiger partial charge in [0.1, 0.15) is 0 Å². The maximum atomic E-state index is 13.9. The summed E-state index contributed by atoms with van der Waals surface area (Å²) in [4.78, 5) is 22.6. The molecule has 1 amide bonds. The molecule has 1 rings (SSSR count). The van der Waals surface area contributed by atoms with Crippen molar-refractivity contribution in [2.75, 3.05) is 20.8 Å². The molecule has 0 radical (unpaired) electrons. The van der Waals surface area contributed by atoms with E-state index in [1.165, 1.54) is 20.3 Å². The number of halogens is 1. The predicted molar refractivity (Wildman–Crippen MR) is 72.7 cm³/mol. The van der Waals surface area contributed by atoms with E-state index in [0.29, 0.717) is 5.56 Å². The molecular formula is C14H18FNO5. The van der Waals surface area contributed by atoms with Gasteiger partial charge in [-0.1, -0.05) is 12.1 Å². The normalized spacial score (nSPS) is 11.8. The molecule has 7 heteroatoms. The molecule has 1 atom stereocenters. The summed E-state index contributed by atoms with van der Waals surface area (Å²) in [6, 6.07) is 3.55. The van der Waals surface area contributed by atoms with E-state index in [-0.39, 0.29) is 25.2 Å². The van der Waals surface area contributed by atoms with E-state index in [2.05, 4.69) is 5.32 Å². The summed E-state index contributed by atoms with van der Waals surface area (Å²) >= 11 is 0. The first-order valence-electron chi connectivity index (χ1n) is 6.32. The Morgan fingerprint density at radius 1 is 1.38 bits per heavy atom. The van der Waals surface area contributed by atoms with Crippen LogP contribution >= 0.6 is 0 Å². The van der Waals surface area contributed by atoms with E-state index in [4.69, 9.17) is 14.6 Å². The Bertz CT molecular complexity index is 506. The third kappa shape index (κ3) is 5.03. The Morgan fingerprint density at radius 2 is 2.10 bits per heavy atom. The maximum Gasteiger partial charge on any atom is 0.328 e. The first-order chi connectivity index (χ1) is 9.99. The number of amides is 1. The molecule has 1 unspecified atom stereocenters. The molecular weight excluding hydrogens is 281 g/mol. The van der Waals surface area contributed by atoms with Crippen LogP contribution in [0.4, 0.5) is 4.39 Å². The fraction of sp³-hybridized carbons (Fsp3) is 0.429. The minimum atomic E-state index is -1.18. The van der Waals surface area contributed by atoms with Crippen LogP contribution in [0.3, 0.4) is 0 Å². The maximum absolute atomic E-state index is 13.9. The zero-order valence-corrected chi connectivity index (χ0v) is 11.9. The number of nitrogens with one attached hydrogen (secondary N) is 1. The molecule has 0 spiro atoms. The first-order valence-corrected chi connectivity index (χ1v) is 6.32. The molecule has 1 aromatic carbocycles. The fourth-order valence-corrected chi connectivity index (χ4v) is 1.76. The molecule has 0 aliphatic heterocycles. The van der Waals surface area contributed by atoms with Gasteiger partial charge in [-0.25, -0.2) is 9.18 Å². The van der Waals surface area contributed by atoms with Gasteiger partial charge in [0.25, 0.3) is 0 Å². The van der Waals surface area contributed by atoms with Gasteiger partial charge in [-0.2, -0.15) is 0 Å². The van der Waals surface area contributed by atoms with Gasteiger partial charge in [0.2, 0.25) is 5.91 Å². The van der Waals surface area contributed by atoms with Crippen LogP contribution in [0.5, 0.6) is 5.75 Å². The minimum Gasteiger partial charge on any atom is -0.494 e. The summed E-state index contributed by atoms with van der Waals surface area (Å²) in [5, 5.41) is 11.2. The third-order valence-electron chi connectivity index (χ3n) is 2.85. The lowest BCUT2D eigenvalue weighted by Crippen LogP contribution is -2.43. The second-order valence-electron chi connectivity index (χ2n) is 4.35. The van der Waals surface area contributed by atoms with Crippen molar-refractivity contribution in [1.29, 1.82) is 0 Å². The number of carboxylic acids is 1. The van der Waals surface area contributed by atoms with Crippen molar-refractivity contribution in [3.8, 4) is 5.75 Å². The number of ether oxygens (including phenoxy) is 2. The number of carbonyl (C=O) groups excluding carboxylic acids is 1. The zero-order valence-electron chi connectivity index (χ0n) is 11.9. The summed E-state index contributed by atoms with van der Waals surface area (Å²) in [6.45, 7) is -0.130. The lowest BCUT2D eigenvalue weighted by Gasteiger charge is -2.13. The van der Waals surface area contributed by atoms with Crippen LogP contribution in [0, 0.1) is 5.82 Å². The molecule has 116 valence electrons. The Hall–Kier alpha value is -2.15. The van der Waals surface area contributed by atoms with Crippen molar-refractivity contribution in [2.24, 2.45) is 0 Å². The average Bonchev–Trinajstić information content (AvgIpc) is 2.45. The summed E-state index contributed by atoms with van der Waals surface area (Å²) in [6.07, 6.45) is 0.117. The standard InChI is InChI=1S/C14H18FNO5/c1-20-8-10(14(18)19)16-12(17)7-6-9-4-3-5-11(21-2)13(9)15/h3-5,10H,6-8H2,1-2H3,(H,16,17)(H,18,19). The van der Waals surface area contributed by atoms with Crippen molar-refractivity contribution in [1.82, 2.24) is 5.32 Å². The highest BCUT2D eigenvalue weighted by Crippen LogP contribution is 2.20. The summed E-state index contributed by atoms with van der Waals surface area (Å²) in [5.74, 6) is -2.07. The van der Waals surface area contributed by atoms with Crippen LogP contribution in [0.1, 0.15) is 12.0 Å². The molecule has 1 aromatic rings. The second kappa shape index (κ2) is 8.21. The molecule has 0 saturated carbocycles. The van der Waals surface area contributed by atoms with E-state index in [9.17, 15) is 14.0 Å². The molecule has 0 aliphatic carbocycles. The topological polar surface area (TPSA) is 84.9 Å². The smallest absolute Gasteiger partial charge is 0.328 e. The van der Waals surface area contributed by atoms with Gasteiger partial charge < -0.3 is 19.9 Å².